The molecule has 0 aromatic heterocycles. The fraction of sp³-hybridized carbons (Fsp3) is 0.0625. The number of rotatable bonds is 3. The van der Waals surface area contributed by atoms with E-state index in [-0.39, 0.29) is 11.4 Å². The molecule has 0 spiro atoms. The van der Waals surface area contributed by atoms with Crippen molar-refractivity contribution in [2.45, 2.75) is 6.92 Å². The smallest absolute Gasteiger partial charge is 0.331 e. The van der Waals surface area contributed by atoms with Gasteiger partial charge in [-0.25, -0.2) is 9.18 Å². The summed E-state index contributed by atoms with van der Waals surface area (Å²) < 4.78 is 12.9. The van der Waals surface area contributed by atoms with Gasteiger partial charge in [0.2, 0.25) is 0 Å². The molecule has 0 radical (unpaired) electrons. The van der Waals surface area contributed by atoms with Crippen LogP contribution < -0.4 is 0 Å². The van der Waals surface area contributed by atoms with Crippen molar-refractivity contribution in [2.24, 2.45) is 0 Å². The van der Waals surface area contributed by atoms with Crippen molar-refractivity contribution in [3.63, 3.8) is 0 Å². The number of halogens is 1. The van der Waals surface area contributed by atoms with Crippen LogP contribution in [0.1, 0.15) is 12.5 Å². The summed E-state index contributed by atoms with van der Waals surface area (Å²) in [4.78, 5) is 10.8. The van der Waals surface area contributed by atoms with Gasteiger partial charge in [0.1, 0.15) is 5.82 Å². The second-order valence-corrected chi connectivity index (χ2v) is 4.26. The number of carboxylic acids is 1. The Labute approximate surface area is 110 Å². The maximum atomic E-state index is 12.9. The van der Waals surface area contributed by atoms with Crippen molar-refractivity contribution in [2.75, 3.05) is 0 Å². The molecule has 0 aliphatic heterocycles. The Bertz CT molecular complexity index is 627. The van der Waals surface area contributed by atoms with Gasteiger partial charge in [-0.1, -0.05) is 30.3 Å². The van der Waals surface area contributed by atoms with Gasteiger partial charge in [-0.15, -0.1) is 0 Å². The molecule has 2 aromatic carbocycles. The lowest BCUT2D eigenvalue weighted by molar-refractivity contribution is -0.132. The molecule has 0 unspecified atom stereocenters. The highest BCUT2D eigenvalue weighted by Gasteiger charge is 2.02. The van der Waals surface area contributed by atoms with Crippen molar-refractivity contribution < 1.29 is 14.3 Å². The minimum Gasteiger partial charge on any atom is -0.478 e. The Balaban J connectivity index is 2.37. The molecule has 1 N–H and O–H groups in total. The molecule has 19 heavy (non-hydrogen) atoms. The van der Waals surface area contributed by atoms with Crippen LogP contribution in [0.5, 0.6) is 0 Å². The highest BCUT2D eigenvalue weighted by atomic mass is 19.1. The Hall–Kier alpha value is -2.42. The lowest BCUT2D eigenvalue weighted by atomic mass is 10.0. The van der Waals surface area contributed by atoms with Crippen LogP contribution in [0.25, 0.3) is 17.2 Å². The van der Waals surface area contributed by atoms with Crippen molar-refractivity contribution in [3.05, 3.63) is 65.5 Å². The summed E-state index contributed by atoms with van der Waals surface area (Å²) in [5, 5.41) is 8.85. The molecule has 2 rings (SSSR count). The molecule has 0 amide bonds. The zero-order chi connectivity index (χ0) is 13.8. The Kier molecular flexibility index (Phi) is 3.76. The molecule has 0 fully saturated rings. The summed E-state index contributed by atoms with van der Waals surface area (Å²) in [6.07, 6.45) is 1.61. The molecule has 0 aliphatic rings. The minimum absolute atomic E-state index is 0.274. The molecule has 96 valence electrons. The van der Waals surface area contributed by atoms with Crippen molar-refractivity contribution in [1.29, 1.82) is 0 Å². The van der Waals surface area contributed by atoms with Crippen LogP contribution in [0.2, 0.25) is 0 Å². The standard InChI is InChI=1S/C16H13FO2/c1-11(16(18)19)9-12-3-2-4-14(10-12)13-5-7-15(17)8-6-13/h2-10H,1H3,(H,18,19)/b11-9+. The van der Waals surface area contributed by atoms with Gasteiger partial charge in [-0.05, 0) is 47.9 Å². The highest BCUT2D eigenvalue weighted by molar-refractivity contribution is 5.91. The molecule has 2 nitrogen and oxygen atoms in total. The molecular weight excluding hydrogens is 243 g/mol. The summed E-state index contributed by atoms with van der Waals surface area (Å²) in [7, 11) is 0. The summed E-state index contributed by atoms with van der Waals surface area (Å²) in [5.41, 5.74) is 2.90. The lowest BCUT2D eigenvalue weighted by Crippen LogP contribution is -1.95. The number of benzene rings is 2. The summed E-state index contributed by atoms with van der Waals surface area (Å²) >= 11 is 0. The van der Waals surface area contributed by atoms with E-state index in [1.54, 1.807) is 25.1 Å². The maximum absolute atomic E-state index is 12.9. The maximum Gasteiger partial charge on any atom is 0.331 e. The van der Waals surface area contributed by atoms with Gasteiger partial charge < -0.3 is 5.11 Å². The number of carbonyl (C=O) groups is 1. The van der Waals surface area contributed by atoms with Crippen LogP contribution in [0.3, 0.4) is 0 Å². The Morgan fingerprint density at radius 2 is 1.79 bits per heavy atom. The van der Waals surface area contributed by atoms with Gasteiger partial charge in [-0.2, -0.15) is 0 Å². The van der Waals surface area contributed by atoms with E-state index >= 15 is 0 Å². The third kappa shape index (κ3) is 3.28. The van der Waals surface area contributed by atoms with Gasteiger partial charge in [0.05, 0.1) is 0 Å². The van der Waals surface area contributed by atoms with E-state index in [1.165, 1.54) is 12.1 Å². The van der Waals surface area contributed by atoms with Gasteiger partial charge >= 0.3 is 5.97 Å². The molecule has 0 saturated heterocycles. The first-order valence-electron chi connectivity index (χ1n) is 5.84. The number of carboxylic acid groups (broad SMARTS) is 1. The second kappa shape index (κ2) is 5.48. The van der Waals surface area contributed by atoms with E-state index in [1.807, 2.05) is 24.3 Å². The van der Waals surface area contributed by atoms with E-state index in [2.05, 4.69) is 0 Å². The number of hydrogen-bond donors (Lipinski definition) is 1. The fourth-order valence-electron chi connectivity index (χ4n) is 1.76. The fourth-order valence-corrected chi connectivity index (χ4v) is 1.76. The Morgan fingerprint density at radius 1 is 1.11 bits per heavy atom. The van der Waals surface area contributed by atoms with Crippen LogP contribution in [0.15, 0.2) is 54.1 Å². The van der Waals surface area contributed by atoms with Crippen LogP contribution >= 0.6 is 0 Å². The van der Waals surface area contributed by atoms with E-state index in [0.717, 1.165) is 16.7 Å². The van der Waals surface area contributed by atoms with Gasteiger partial charge in [-0.3, -0.25) is 0 Å². The lowest BCUT2D eigenvalue weighted by Gasteiger charge is -2.03. The van der Waals surface area contributed by atoms with E-state index in [9.17, 15) is 9.18 Å². The average molecular weight is 256 g/mol. The molecule has 0 saturated carbocycles. The zero-order valence-electron chi connectivity index (χ0n) is 10.4. The van der Waals surface area contributed by atoms with Crippen LogP contribution in [0.4, 0.5) is 4.39 Å². The Morgan fingerprint density at radius 3 is 2.42 bits per heavy atom. The van der Waals surface area contributed by atoms with Crippen LogP contribution in [-0.2, 0) is 4.79 Å². The predicted molar refractivity (Wildman–Crippen MR) is 73.1 cm³/mol. The summed E-state index contributed by atoms with van der Waals surface area (Å²) in [6.45, 7) is 1.55. The van der Waals surface area contributed by atoms with E-state index in [0.29, 0.717) is 0 Å². The largest absolute Gasteiger partial charge is 0.478 e. The molecule has 0 bridgehead atoms. The SMILES string of the molecule is C/C(=C\c1cccc(-c2ccc(F)cc2)c1)C(=O)O. The highest BCUT2D eigenvalue weighted by Crippen LogP contribution is 2.21. The van der Waals surface area contributed by atoms with E-state index in [4.69, 9.17) is 5.11 Å². The third-order valence-electron chi connectivity index (χ3n) is 2.78. The first-order chi connectivity index (χ1) is 9.06. The van der Waals surface area contributed by atoms with Crippen LogP contribution in [0, 0.1) is 5.82 Å². The topological polar surface area (TPSA) is 37.3 Å². The van der Waals surface area contributed by atoms with Crippen molar-refractivity contribution in [1.82, 2.24) is 0 Å². The molecule has 3 heteroatoms. The zero-order valence-corrected chi connectivity index (χ0v) is 10.4. The van der Waals surface area contributed by atoms with Gasteiger partial charge in [0.25, 0.3) is 0 Å². The molecule has 2 aromatic rings. The van der Waals surface area contributed by atoms with Crippen LogP contribution in [-0.4, -0.2) is 11.1 Å². The van der Waals surface area contributed by atoms with Crippen molar-refractivity contribution >= 4 is 12.0 Å². The predicted octanol–water partition coefficient (Wildman–Crippen LogP) is 3.98. The summed E-state index contributed by atoms with van der Waals surface area (Å²) in [6, 6.07) is 13.7. The van der Waals surface area contributed by atoms with Crippen molar-refractivity contribution in [3.8, 4) is 11.1 Å². The van der Waals surface area contributed by atoms with E-state index < -0.39 is 5.97 Å². The summed E-state index contributed by atoms with van der Waals surface area (Å²) in [5.74, 6) is -1.21. The molecule has 0 heterocycles. The number of hydrogen-bond acceptors (Lipinski definition) is 1. The second-order valence-electron chi connectivity index (χ2n) is 4.26. The molecule has 0 atom stereocenters. The molecular formula is C16H13FO2. The normalized spacial score (nSPS) is 11.4. The number of aliphatic carboxylic acids is 1. The van der Waals surface area contributed by atoms with Gasteiger partial charge in [0, 0.05) is 5.57 Å². The third-order valence-corrected chi connectivity index (χ3v) is 2.78. The quantitative estimate of drug-likeness (QED) is 0.843. The monoisotopic (exact) mass is 256 g/mol. The first-order valence-corrected chi connectivity index (χ1v) is 5.84. The minimum atomic E-state index is -0.938. The van der Waals surface area contributed by atoms with Gasteiger partial charge in [0.15, 0.2) is 0 Å². The first kappa shape index (κ1) is 13.0. The average Bonchev–Trinajstić information content (AvgIpc) is 2.39. The molecule has 0 aliphatic carbocycles.